The highest BCUT2D eigenvalue weighted by molar-refractivity contribution is 7.06. The van der Waals surface area contributed by atoms with Crippen molar-refractivity contribution in [1.29, 1.82) is 0 Å². The van der Waals surface area contributed by atoms with Crippen molar-refractivity contribution in [1.82, 2.24) is 9.69 Å². The summed E-state index contributed by atoms with van der Waals surface area (Å²) in [7, 11) is 0. The van der Waals surface area contributed by atoms with E-state index >= 15 is 0 Å². The Labute approximate surface area is 107 Å². The lowest BCUT2D eigenvalue weighted by molar-refractivity contribution is 0.555. The molecule has 2 aromatic rings. The second-order valence-corrected chi connectivity index (χ2v) is 5.46. The minimum atomic E-state index is 0.691. The minimum absolute atomic E-state index is 0.691. The van der Waals surface area contributed by atoms with Crippen molar-refractivity contribution in [3.63, 3.8) is 0 Å². The Morgan fingerprint density at radius 3 is 2.71 bits per heavy atom. The van der Waals surface area contributed by atoms with E-state index in [-0.39, 0.29) is 0 Å². The quantitative estimate of drug-likeness (QED) is 0.872. The van der Waals surface area contributed by atoms with Gasteiger partial charge in [0.2, 0.25) is 0 Å². The standard InChI is InChI=1S/C14H18N2S/c1-11(2)9-15-10-13-8-14(16-17-13)12-6-4-3-5-7-12/h3-8,11,15H,9-10H2,1-2H3. The van der Waals surface area contributed by atoms with Crippen LogP contribution in [0.2, 0.25) is 0 Å². The van der Waals surface area contributed by atoms with Crippen molar-refractivity contribution in [2.75, 3.05) is 6.54 Å². The van der Waals surface area contributed by atoms with E-state index in [1.807, 2.05) is 18.2 Å². The normalized spacial score (nSPS) is 11.0. The smallest absolute Gasteiger partial charge is 0.0844 e. The van der Waals surface area contributed by atoms with Gasteiger partial charge in [0.25, 0.3) is 0 Å². The molecule has 0 aliphatic heterocycles. The Balaban J connectivity index is 1.97. The summed E-state index contributed by atoms with van der Waals surface area (Å²) >= 11 is 1.58. The van der Waals surface area contributed by atoms with E-state index in [1.54, 1.807) is 11.5 Å². The third kappa shape index (κ3) is 3.65. The van der Waals surface area contributed by atoms with E-state index in [1.165, 1.54) is 10.4 Å². The fourth-order valence-corrected chi connectivity index (χ4v) is 2.33. The van der Waals surface area contributed by atoms with Gasteiger partial charge in [-0.15, -0.1) is 0 Å². The summed E-state index contributed by atoms with van der Waals surface area (Å²) in [6.07, 6.45) is 0. The molecule has 1 heterocycles. The molecule has 0 radical (unpaired) electrons. The molecule has 3 heteroatoms. The molecule has 2 nitrogen and oxygen atoms in total. The molecule has 2 rings (SSSR count). The summed E-state index contributed by atoms with van der Waals surface area (Å²) < 4.78 is 4.49. The molecule has 0 spiro atoms. The van der Waals surface area contributed by atoms with Gasteiger partial charge >= 0.3 is 0 Å². The van der Waals surface area contributed by atoms with Gasteiger partial charge in [0, 0.05) is 17.0 Å². The summed E-state index contributed by atoms with van der Waals surface area (Å²) in [4.78, 5) is 1.30. The van der Waals surface area contributed by atoms with Crippen LogP contribution in [-0.4, -0.2) is 10.9 Å². The fourth-order valence-electron chi connectivity index (χ4n) is 1.63. The Kier molecular flexibility index (Phi) is 4.29. The molecule has 0 amide bonds. The van der Waals surface area contributed by atoms with Crippen LogP contribution in [0.3, 0.4) is 0 Å². The van der Waals surface area contributed by atoms with Crippen molar-refractivity contribution in [2.24, 2.45) is 5.92 Å². The van der Waals surface area contributed by atoms with Gasteiger partial charge in [-0.3, -0.25) is 0 Å². The maximum atomic E-state index is 4.49. The van der Waals surface area contributed by atoms with Gasteiger partial charge in [-0.05, 0) is 30.1 Å². The summed E-state index contributed by atoms with van der Waals surface area (Å²) in [5.41, 5.74) is 2.27. The average molecular weight is 246 g/mol. The number of aromatic nitrogens is 1. The topological polar surface area (TPSA) is 24.9 Å². The first kappa shape index (κ1) is 12.3. The number of nitrogens with zero attached hydrogens (tertiary/aromatic N) is 1. The molecule has 90 valence electrons. The highest BCUT2D eigenvalue weighted by Gasteiger charge is 2.03. The summed E-state index contributed by atoms with van der Waals surface area (Å²) in [5, 5.41) is 3.44. The van der Waals surface area contributed by atoms with Gasteiger partial charge in [0.1, 0.15) is 0 Å². The number of hydrogen-bond donors (Lipinski definition) is 1. The lowest BCUT2D eigenvalue weighted by atomic mass is 10.1. The van der Waals surface area contributed by atoms with Crippen LogP contribution in [0.25, 0.3) is 11.3 Å². The van der Waals surface area contributed by atoms with E-state index < -0.39 is 0 Å². The van der Waals surface area contributed by atoms with Gasteiger partial charge < -0.3 is 5.32 Å². The second-order valence-electron chi connectivity index (χ2n) is 4.57. The van der Waals surface area contributed by atoms with E-state index in [9.17, 15) is 0 Å². The van der Waals surface area contributed by atoms with Gasteiger partial charge in [-0.25, -0.2) is 0 Å². The van der Waals surface area contributed by atoms with Gasteiger partial charge in [-0.2, -0.15) is 4.37 Å². The maximum absolute atomic E-state index is 4.49. The Hall–Kier alpha value is -1.19. The zero-order chi connectivity index (χ0) is 12.1. The predicted octanol–water partition coefficient (Wildman–Crippen LogP) is 3.56. The molecule has 0 atom stereocenters. The number of nitrogens with one attached hydrogen (secondary N) is 1. The molecule has 1 aromatic carbocycles. The Bertz CT molecular complexity index is 448. The van der Waals surface area contributed by atoms with Crippen LogP contribution in [-0.2, 0) is 6.54 Å². The molecule has 0 saturated heterocycles. The zero-order valence-electron chi connectivity index (χ0n) is 10.3. The van der Waals surface area contributed by atoms with Crippen molar-refractivity contribution < 1.29 is 0 Å². The van der Waals surface area contributed by atoms with Crippen LogP contribution in [0.15, 0.2) is 36.4 Å². The highest BCUT2D eigenvalue weighted by atomic mass is 32.1. The predicted molar refractivity (Wildman–Crippen MR) is 74.1 cm³/mol. The largest absolute Gasteiger partial charge is 0.312 e. The molecule has 0 unspecified atom stereocenters. The minimum Gasteiger partial charge on any atom is -0.312 e. The van der Waals surface area contributed by atoms with E-state index in [0.29, 0.717) is 5.92 Å². The van der Waals surface area contributed by atoms with Crippen LogP contribution >= 0.6 is 11.5 Å². The van der Waals surface area contributed by atoms with Gasteiger partial charge in [-0.1, -0.05) is 44.2 Å². The van der Waals surface area contributed by atoms with Crippen LogP contribution < -0.4 is 5.32 Å². The number of hydrogen-bond acceptors (Lipinski definition) is 3. The lowest BCUT2D eigenvalue weighted by Crippen LogP contribution is -2.18. The molecule has 0 saturated carbocycles. The van der Waals surface area contributed by atoms with Crippen molar-refractivity contribution >= 4 is 11.5 Å². The van der Waals surface area contributed by atoms with Gasteiger partial charge in [0.15, 0.2) is 0 Å². The number of rotatable bonds is 5. The molecule has 0 aliphatic rings. The monoisotopic (exact) mass is 246 g/mol. The SMILES string of the molecule is CC(C)CNCc1cc(-c2ccccc2)ns1. The molecule has 1 N–H and O–H groups in total. The third-order valence-electron chi connectivity index (χ3n) is 2.48. The van der Waals surface area contributed by atoms with Crippen molar-refractivity contribution in [3.8, 4) is 11.3 Å². The van der Waals surface area contributed by atoms with Crippen molar-refractivity contribution in [2.45, 2.75) is 20.4 Å². The Morgan fingerprint density at radius 2 is 2.00 bits per heavy atom. The van der Waals surface area contributed by atoms with E-state index in [4.69, 9.17) is 0 Å². The Morgan fingerprint density at radius 1 is 1.24 bits per heavy atom. The molecule has 0 fully saturated rings. The molecule has 1 aromatic heterocycles. The van der Waals surface area contributed by atoms with Crippen LogP contribution in [0.4, 0.5) is 0 Å². The summed E-state index contributed by atoms with van der Waals surface area (Å²) in [6, 6.07) is 12.5. The molecular formula is C14H18N2S. The average Bonchev–Trinajstić information content (AvgIpc) is 2.78. The van der Waals surface area contributed by atoms with Crippen LogP contribution in [0.1, 0.15) is 18.7 Å². The summed E-state index contributed by atoms with van der Waals surface area (Å²) in [5.74, 6) is 0.691. The van der Waals surface area contributed by atoms with E-state index in [0.717, 1.165) is 18.8 Å². The van der Waals surface area contributed by atoms with Gasteiger partial charge in [0.05, 0.1) is 5.69 Å². The first-order valence-corrected chi connectivity index (χ1v) is 6.75. The zero-order valence-corrected chi connectivity index (χ0v) is 11.1. The fraction of sp³-hybridized carbons (Fsp3) is 0.357. The number of benzene rings is 1. The molecule has 17 heavy (non-hydrogen) atoms. The second kappa shape index (κ2) is 5.94. The van der Waals surface area contributed by atoms with Crippen LogP contribution in [0.5, 0.6) is 0 Å². The molecule has 0 bridgehead atoms. The van der Waals surface area contributed by atoms with Crippen molar-refractivity contribution in [3.05, 3.63) is 41.3 Å². The van der Waals surface area contributed by atoms with Crippen LogP contribution in [0, 0.1) is 5.92 Å². The van der Waals surface area contributed by atoms with E-state index in [2.05, 4.69) is 41.7 Å². The summed E-state index contributed by atoms with van der Waals surface area (Å²) in [6.45, 7) is 6.41. The molecular weight excluding hydrogens is 228 g/mol. The first-order chi connectivity index (χ1) is 8.25. The first-order valence-electron chi connectivity index (χ1n) is 5.97. The lowest BCUT2D eigenvalue weighted by Gasteiger charge is -2.04. The third-order valence-corrected chi connectivity index (χ3v) is 3.27. The molecule has 0 aliphatic carbocycles. The highest BCUT2D eigenvalue weighted by Crippen LogP contribution is 2.21. The maximum Gasteiger partial charge on any atom is 0.0844 e.